The van der Waals surface area contributed by atoms with Gasteiger partial charge in [-0.1, -0.05) is 50.7 Å². The van der Waals surface area contributed by atoms with Crippen molar-refractivity contribution in [3.8, 4) is 0 Å². The lowest BCUT2D eigenvalue weighted by molar-refractivity contribution is 0.282. The molecule has 0 aliphatic carbocycles. The third kappa shape index (κ3) is 15.7. The van der Waals surface area contributed by atoms with Crippen molar-refractivity contribution in [2.24, 2.45) is 0 Å². The Morgan fingerprint density at radius 2 is 0.778 bits per heavy atom. The van der Waals surface area contributed by atoms with Crippen molar-refractivity contribution in [3.05, 3.63) is 12.2 Å². The molecule has 0 saturated heterocycles. The first-order chi connectivity index (χ1) is 8.91. The van der Waals surface area contributed by atoms with Crippen LogP contribution in [0.25, 0.3) is 0 Å². The van der Waals surface area contributed by atoms with E-state index in [2.05, 4.69) is 12.2 Å². The van der Waals surface area contributed by atoms with Gasteiger partial charge in [-0.05, 0) is 38.5 Å². The lowest BCUT2D eigenvalue weighted by Gasteiger charge is -1.98. The molecule has 0 aromatic carbocycles. The maximum absolute atomic E-state index is 8.63. The Bertz CT molecular complexity index is 148. The van der Waals surface area contributed by atoms with Crippen LogP contribution in [0, 0.1) is 0 Å². The zero-order valence-electron chi connectivity index (χ0n) is 11.9. The molecular formula is C16H32O2. The summed E-state index contributed by atoms with van der Waals surface area (Å²) in [6.45, 7) is 0.691. The van der Waals surface area contributed by atoms with Gasteiger partial charge < -0.3 is 10.2 Å². The predicted molar refractivity (Wildman–Crippen MR) is 78.7 cm³/mol. The fourth-order valence-electron chi connectivity index (χ4n) is 2.04. The van der Waals surface area contributed by atoms with E-state index in [1.165, 1.54) is 64.2 Å². The molecule has 18 heavy (non-hydrogen) atoms. The molecule has 0 aromatic rings. The van der Waals surface area contributed by atoms with Gasteiger partial charge in [0.05, 0.1) is 0 Å². The SMILES string of the molecule is OCCCCCCC/C=C/CCCCCCCO. The Balaban J connectivity index is 3.00. The highest BCUT2D eigenvalue weighted by Gasteiger charge is 1.90. The molecular weight excluding hydrogens is 224 g/mol. The quantitative estimate of drug-likeness (QED) is 0.361. The van der Waals surface area contributed by atoms with E-state index in [-0.39, 0.29) is 0 Å². The van der Waals surface area contributed by atoms with Gasteiger partial charge in [0.2, 0.25) is 0 Å². The van der Waals surface area contributed by atoms with Crippen LogP contribution in [0.3, 0.4) is 0 Å². The summed E-state index contributed by atoms with van der Waals surface area (Å²) in [6.07, 6.45) is 19.0. The van der Waals surface area contributed by atoms with E-state index in [0.29, 0.717) is 13.2 Å². The zero-order valence-corrected chi connectivity index (χ0v) is 11.9. The zero-order chi connectivity index (χ0) is 13.3. The highest BCUT2D eigenvalue weighted by atomic mass is 16.3. The van der Waals surface area contributed by atoms with Crippen LogP contribution in [-0.2, 0) is 0 Å². The summed E-state index contributed by atoms with van der Waals surface area (Å²) >= 11 is 0. The Hall–Kier alpha value is -0.340. The van der Waals surface area contributed by atoms with Crippen molar-refractivity contribution in [3.63, 3.8) is 0 Å². The Morgan fingerprint density at radius 1 is 0.444 bits per heavy atom. The van der Waals surface area contributed by atoms with Crippen LogP contribution in [0.15, 0.2) is 12.2 Å². The topological polar surface area (TPSA) is 40.5 Å². The predicted octanol–water partition coefficient (Wildman–Crippen LogP) is 4.21. The molecule has 0 amide bonds. The van der Waals surface area contributed by atoms with Crippen LogP contribution in [0.4, 0.5) is 0 Å². The summed E-state index contributed by atoms with van der Waals surface area (Å²) in [7, 11) is 0. The Labute approximate surface area is 113 Å². The fourth-order valence-corrected chi connectivity index (χ4v) is 2.04. The molecule has 108 valence electrons. The van der Waals surface area contributed by atoms with E-state index in [4.69, 9.17) is 10.2 Å². The molecule has 0 atom stereocenters. The minimum atomic E-state index is 0.345. The highest BCUT2D eigenvalue weighted by Crippen LogP contribution is 2.08. The van der Waals surface area contributed by atoms with Gasteiger partial charge in [-0.25, -0.2) is 0 Å². The number of rotatable bonds is 14. The lowest BCUT2D eigenvalue weighted by Crippen LogP contribution is -1.83. The summed E-state index contributed by atoms with van der Waals surface area (Å²) in [5, 5.41) is 17.3. The molecule has 2 N–H and O–H groups in total. The molecule has 0 fully saturated rings. The number of aliphatic hydroxyl groups is 2. The maximum Gasteiger partial charge on any atom is 0.0431 e. The summed E-state index contributed by atoms with van der Waals surface area (Å²) < 4.78 is 0. The highest BCUT2D eigenvalue weighted by molar-refractivity contribution is 4.81. The van der Waals surface area contributed by atoms with Crippen molar-refractivity contribution in [2.75, 3.05) is 13.2 Å². The van der Waals surface area contributed by atoms with Gasteiger partial charge in [-0.2, -0.15) is 0 Å². The first-order valence-corrected chi connectivity index (χ1v) is 7.78. The molecule has 0 aliphatic heterocycles. The van der Waals surface area contributed by atoms with Gasteiger partial charge in [0.15, 0.2) is 0 Å². The first-order valence-electron chi connectivity index (χ1n) is 7.78. The van der Waals surface area contributed by atoms with Gasteiger partial charge >= 0.3 is 0 Å². The Kier molecular flexibility index (Phi) is 16.3. The van der Waals surface area contributed by atoms with Crippen LogP contribution in [-0.4, -0.2) is 23.4 Å². The average molecular weight is 256 g/mol. The van der Waals surface area contributed by atoms with Crippen molar-refractivity contribution in [2.45, 2.75) is 77.0 Å². The molecule has 0 rings (SSSR count). The van der Waals surface area contributed by atoms with E-state index < -0.39 is 0 Å². The second-order valence-electron chi connectivity index (χ2n) is 5.03. The van der Waals surface area contributed by atoms with E-state index in [0.717, 1.165) is 12.8 Å². The normalized spacial score (nSPS) is 11.4. The second-order valence-corrected chi connectivity index (χ2v) is 5.03. The standard InChI is InChI=1S/C16H32O2/c17-15-13-11-9-7-5-3-1-2-4-6-8-10-12-14-16-18/h1-2,17-18H,3-16H2/b2-1+. The van der Waals surface area contributed by atoms with Crippen LogP contribution in [0.2, 0.25) is 0 Å². The van der Waals surface area contributed by atoms with E-state index in [9.17, 15) is 0 Å². The third-order valence-corrected chi connectivity index (χ3v) is 3.22. The molecule has 0 spiro atoms. The second kappa shape index (κ2) is 16.7. The summed E-state index contributed by atoms with van der Waals surface area (Å²) in [5.74, 6) is 0. The summed E-state index contributed by atoms with van der Waals surface area (Å²) in [4.78, 5) is 0. The minimum Gasteiger partial charge on any atom is -0.396 e. The van der Waals surface area contributed by atoms with Gasteiger partial charge in [0.1, 0.15) is 0 Å². The molecule has 0 radical (unpaired) electrons. The van der Waals surface area contributed by atoms with E-state index in [1.54, 1.807) is 0 Å². The van der Waals surface area contributed by atoms with Crippen molar-refractivity contribution in [1.29, 1.82) is 0 Å². The molecule has 0 bridgehead atoms. The number of hydrogen-bond donors (Lipinski definition) is 2. The maximum atomic E-state index is 8.63. The number of allylic oxidation sites excluding steroid dienone is 2. The Morgan fingerprint density at radius 3 is 1.17 bits per heavy atom. The molecule has 0 heterocycles. The van der Waals surface area contributed by atoms with E-state index >= 15 is 0 Å². The smallest absolute Gasteiger partial charge is 0.0431 e. The van der Waals surface area contributed by atoms with Crippen molar-refractivity contribution >= 4 is 0 Å². The molecule has 0 saturated carbocycles. The largest absolute Gasteiger partial charge is 0.396 e. The molecule has 0 aliphatic rings. The van der Waals surface area contributed by atoms with Crippen molar-refractivity contribution in [1.82, 2.24) is 0 Å². The van der Waals surface area contributed by atoms with Gasteiger partial charge in [0.25, 0.3) is 0 Å². The number of aliphatic hydroxyl groups excluding tert-OH is 2. The molecule has 2 nitrogen and oxygen atoms in total. The van der Waals surface area contributed by atoms with Crippen molar-refractivity contribution < 1.29 is 10.2 Å². The number of hydrogen-bond acceptors (Lipinski definition) is 2. The molecule has 2 heteroatoms. The fraction of sp³-hybridized carbons (Fsp3) is 0.875. The molecule has 0 aromatic heterocycles. The van der Waals surface area contributed by atoms with Crippen LogP contribution >= 0.6 is 0 Å². The van der Waals surface area contributed by atoms with Crippen LogP contribution < -0.4 is 0 Å². The van der Waals surface area contributed by atoms with E-state index in [1.807, 2.05) is 0 Å². The average Bonchev–Trinajstić information content (AvgIpc) is 2.39. The van der Waals surface area contributed by atoms with Crippen LogP contribution in [0.1, 0.15) is 77.0 Å². The number of unbranched alkanes of at least 4 members (excludes halogenated alkanes) is 10. The van der Waals surface area contributed by atoms with Crippen LogP contribution in [0.5, 0.6) is 0 Å². The summed E-state index contributed by atoms with van der Waals surface area (Å²) in [5.41, 5.74) is 0. The van der Waals surface area contributed by atoms with Gasteiger partial charge in [-0.15, -0.1) is 0 Å². The molecule has 0 unspecified atom stereocenters. The van der Waals surface area contributed by atoms with Gasteiger partial charge in [-0.3, -0.25) is 0 Å². The lowest BCUT2D eigenvalue weighted by atomic mass is 10.1. The third-order valence-electron chi connectivity index (χ3n) is 3.22. The minimum absolute atomic E-state index is 0.345. The van der Waals surface area contributed by atoms with Gasteiger partial charge in [0, 0.05) is 13.2 Å². The first kappa shape index (κ1) is 17.7. The summed E-state index contributed by atoms with van der Waals surface area (Å²) in [6, 6.07) is 0. The monoisotopic (exact) mass is 256 g/mol.